The van der Waals surface area contributed by atoms with Crippen LogP contribution in [0.5, 0.6) is 0 Å². The SMILES string of the molecule is CC(=O)c1ccc(NC(=O)CSc2cc(C)nc(-c3ccc(F)cc3)n2)cc1. The van der Waals surface area contributed by atoms with Crippen molar-refractivity contribution in [3.8, 4) is 11.4 Å². The predicted molar refractivity (Wildman–Crippen MR) is 108 cm³/mol. The number of ketones is 1. The normalized spacial score (nSPS) is 10.5. The number of benzene rings is 2. The van der Waals surface area contributed by atoms with Gasteiger partial charge in [0.2, 0.25) is 5.91 Å². The minimum absolute atomic E-state index is 0.0236. The summed E-state index contributed by atoms with van der Waals surface area (Å²) in [4.78, 5) is 32.3. The molecule has 1 heterocycles. The van der Waals surface area contributed by atoms with Gasteiger partial charge in [-0.3, -0.25) is 9.59 Å². The molecule has 2 aromatic carbocycles. The summed E-state index contributed by atoms with van der Waals surface area (Å²) in [6.07, 6.45) is 0. The van der Waals surface area contributed by atoms with Crippen molar-refractivity contribution >= 4 is 29.1 Å². The van der Waals surface area contributed by atoms with Crippen LogP contribution in [-0.4, -0.2) is 27.4 Å². The van der Waals surface area contributed by atoms with Gasteiger partial charge in [-0.05, 0) is 68.4 Å². The van der Waals surface area contributed by atoms with Gasteiger partial charge in [0, 0.05) is 22.5 Å². The number of aromatic nitrogens is 2. The number of rotatable bonds is 6. The highest BCUT2D eigenvalue weighted by molar-refractivity contribution is 7.99. The molecule has 0 unspecified atom stereocenters. The highest BCUT2D eigenvalue weighted by atomic mass is 32.2. The van der Waals surface area contributed by atoms with Gasteiger partial charge in [-0.25, -0.2) is 14.4 Å². The van der Waals surface area contributed by atoms with E-state index in [-0.39, 0.29) is 23.3 Å². The van der Waals surface area contributed by atoms with E-state index in [1.54, 1.807) is 42.5 Å². The predicted octanol–water partition coefficient (Wildman–Crippen LogP) is 4.52. The quantitative estimate of drug-likeness (QED) is 0.377. The summed E-state index contributed by atoms with van der Waals surface area (Å²) in [5.74, 6) is 0.139. The summed E-state index contributed by atoms with van der Waals surface area (Å²) in [5.41, 5.74) is 2.69. The van der Waals surface area contributed by atoms with Crippen molar-refractivity contribution in [2.45, 2.75) is 18.9 Å². The van der Waals surface area contributed by atoms with Gasteiger partial charge in [0.1, 0.15) is 10.8 Å². The number of aryl methyl sites for hydroxylation is 1. The Bertz CT molecular complexity index is 1010. The van der Waals surface area contributed by atoms with Crippen LogP contribution >= 0.6 is 11.8 Å². The maximum Gasteiger partial charge on any atom is 0.234 e. The Balaban J connectivity index is 1.64. The summed E-state index contributed by atoms with van der Waals surface area (Å²) in [6.45, 7) is 3.34. The molecule has 3 aromatic rings. The topological polar surface area (TPSA) is 72.0 Å². The molecule has 0 aliphatic rings. The maximum atomic E-state index is 13.1. The van der Waals surface area contributed by atoms with E-state index in [1.807, 2.05) is 6.92 Å². The molecule has 28 heavy (non-hydrogen) atoms. The molecule has 0 aliphatic heterocycles. The number of carbonyl (C=O) groups is 2. The van der Waals surface area contributed by atoms with E-state index in [2.05, 4.69) is 15.3 Å². The number of nitrogens with one attached hydrogen (secondary N) is 1. The molecule has 0 saturated carbocycles. The smallest absolute Gasteiger partial charge is 0.234 e. The van der Waals surface area contributed by atoms with Crippen LogP contribution in [0.15, 0.2) is 59.6 Å². The van der Waals surface area contributed by atoms with E-state index in [0.29, 0.717) is 27.7 Å². The van der Waals surface area contributed by atoms with Crippen molar-refractivity contribution in [3.05, 3.63) is 71.7 Å². The summed E-state index contributed by atoms with van der Waals surface area (Å²) in [7, 11) is 0. The second-order valence-corrected chi connectivity index (χ2v) is 7.14. The molecule has 3 rings (SSSR count). The van der Waals surface area contributed by atoms with Crippen LogP contribution < -0.4 is 5.32 Å². The molecule has 1 aromatic heterocycles. The van der Waals surface area contributed by atoms with Crippen molar-refractivity contribution in [1.82, 2.24) is 9.97 Å². The van der Waals surface area contributed by atoms with Gasteiger partial charge >= 0.3 is 0 Å². The Hall–Kier alpha value is -3.06. The fourth-order valence-electron chi connectivity index (χ4n) is 2.47. The van der Waals surface area contributed by atoms with Crippen LogP contribution in [0.3, 0.4) is 0 Å². The first kappa shape index (κ1) is 19.7. The molecule has 0 atom stereocenters. The summed E-state index contributed by atoms with van der Waals surface area (Å²) in [5, 5.41) is 3.45. The zero-order valence-electron chi connectivity index (χ0n) is 15.4. The van der Waals surface area contributed by atoms with Gasteiger partial charge in [0.15, 0.2) is 11.6 Å². The Morgan fingerprint density at radius 1 is 1.04 bits per heavy atom. The van der Waals surface area contributed by atoms with Gasteiger partial charge in [0.05, 0.1) is 5.75 Å². The van der Waals surface area contributed by atoms with Gasteiger partial charge in [-0.2, -0.15) is 0 Å². The fourth-order valence-corrected chi connectivity index (χ4v) is 3.22. The van der Waals surface area contributed by atoms with E-state index in [0.717, 1.165) is 5.69 Å². The van der Waals surface area contributed by atoms with E-state index >= 15 is 0 Å². The molecule has 0 aliphatic carbocycles. The third-order valence-corrected chi connectivity index (χ3v) is 4.77. The zero-order valence-corrected chi connectivity index (χ0v) is 16.2. The Morgan fingerprint density at radius 3 is 2.36 bits per heavy atom. The lowest BCUT2D eigenvalue weighted by Gasteiger charge is -2.07. The number of hydrogen-bond acceptors (Lipinski definition) is 5. The highest BCUT2D eigenvalue weighted by Crippen LogP contribution is 2.22. The molecule has 1 amide bonds. The summed E-state index contributed by atoms with van der Waals surface area (Å²) in [6, 6.07) is 14.5. The minimum Gasteiger partial charge on any atom is -0.325 e. The van der Waals surface area contributed by atoms with E-state index in [9.17, 15) is 14.0 Å². The minimum atomic E-state index is -0.320. The second kappa shape index (κ2) is 8.75. The largest absolute Gasteiger partial charge is 0.325 e. The molecular formula is C21H18FN3O2S. The van der Waals surface area contributed by atoms with Crippen LogP contribution in [0.2, 0.25) is 0 Å². The second-order valence-electron chi connectivity index (χ2n) is 6.15. The van der Waals surface area contributed by atoms with Crippen LogP contribution in [0.25, 0.3) is 11.4 Å². The van der Waals surface area contributed by atoms with Gasteiger partial charge in [0.25, 0.3) is 0 Å². The Morgan fingerprint density at radius 2 is 1.71 bits per heavy atom. The molecule has 0 fully saturated rings. The molecule has 0 radical (unpaired) electrons. The first-order valence-electron chi connectivity index (χ1n) is 8.56. The summed E-state index contributed by atoms with van der Waals surface area (Å²) >= 11 is 1.29. The van der Waals surface area contributed by atoms with Crippen molar-refractivity contribution < 1.29 is 14.0 Å². The average molecular weight is 395 g/mol. The first-order chi connectivity index (χ1) is 13.4. The highest BCUT2D eigenvalue weighted by Gasteiger charge is 2.09. The molecule has 5 nitrogen and oxygen atoms in total. The number of nitrogens with zero attached hydrogens (tertiary/aromatic N) is 2. The third-order valence-electron chi connectivity index (χ3n) is 3.86. The number of hydrogen-bond donors (Lipinski definition) is 1. The van der Waals surface area contributed by atoms with Crippen LogP contribution in [-0.2, 0) is 4.79 Å². The average Bonchev–Trinajstić information content (AvgIpc) is 2.67. The van der Waals surface area contributed by atoms with E-state index < -0.39 is 0 Å². The van der Waals surface area contributed by atoms with Crippen molar-refractivity contribution in [3.63, 3.8) is 0 Å². The van der Waals surface area contributed by atoms with Gasteiger partial charge in [-0.15, -0.1) is 0 Å². The zero-order chi connectivity index (χ0) is 20.1. The Labute approximate surface area is 166 Å². The van der Waals surface area contributed by atoms with E-state index in [4.69, 9.17) is 0 Å². The molecule has 1 N–H and O–H groups in total. The lowest BCUT2D eigenvalue weighted by Crippen LogP contribution is -2.14. The van der Waals surface area contributed by atoms with Crippen LogP contribution in [0, 0.1) is 12.7 Å². The van der Waals surface area contributed by atoms with Crippen molar-refractivity contribution in [2.24, 2.45) is 0 Å². The number of thioether (sulfide) groups is 1. The first-order valence-corrected chi connectivity index (χ1v) is 9.54. The maximum absolute atomic E-state index is 13.1. The molecule has 0 bridgehead atoms. The number of carbonyl (C=O) groups excluding carboxylic acids is 2. The van der Waals surface area contributed by atoms with Gasteiger partial charge in [-0.1, -0.05) is 11.8 Å². The summed E-state index contributed by atoms with van der Waals surface area (Å²) < 4.78 is 13.1. The molecule has 0 spiro atoms. The lowest BCUT2D eigenvalue weighted by atomic mass is 10.1. The third kappa shape index (κ3) is 5.23. The standard InChI is InChI=1S/C21H18FN3O2S/c1-13-11-20(25-21(23-13)16-3-7-17(22)8-4-16)28-12-19(27)24-18-9-5-15(6-10-18)14(2)26/h3-11H,12H2,1-2H3,(H,24,27). The number of amides is 1. The molecular weight excluding hydrogens is 377 g/mol. The molecule has 7 heteroatoms. The lowest BCUT2D eigenvalue weighted by molar-refractivity contribution is -0.113. The Kier molecular flexibility index (Phi) is 6.16. The van der Waals surface area contributed by atoms with E-state index in [1.165, 1.54) is 30.8 Å². The van der Waals surface area contributed by atoms with Crippen LogP contribution in [0.4, 0.5) is 10.1 Å². The molecule has 142 valence electrons. The van der Waals surface area contributed by atoms with Crippen LogP contribution in [0.1, 0.15) is 23.0 Å². The molecule has 0 saturated heterocycles. The number of halogens is 1. The van der Waals surface area contributed by atoms with Crippen molar-refractivity contribution in [1.29, 1.82) is 0 Å². The number of anilines is 1. The fraction of sp³-hybridized carbons (Fsp3) is 0.143. The number of Topliss-reactive ketones (excluding diaryl/α,β-unsaturated/α-hetero) is 1. The monoisotopic (exact) mass is 395 g/mol. The van der Waals surface area contributed by atoms with Gasteiger partial charge < -0.3 is 5.32 Å². The van der Waals surface area contributed by atoms with Crippen molar-refractivity contribution in [2.75, 3.05) is 11.1 Å².